The smallest absolute Gasteiger partial charge is 0.244 e. The first kappa shape index (κ1) is 14.8. The summed E-state index contributed by atoms with van der Waals surface area (Å²) in [7, 11) is 2.06. The van der Waals surface area contributed by atoms with Crippen molar-refractivity contribution in [2.75, 3.05) is 25.0 Å². The number of nitrogens with one attached hydrogen (secondary N) is 2. The lowest BCUT2D eigenvalue weighted by Crippen LogP contribution is -2.41. The van der Waals surface area contributed by atoms with Crippen molar-refractivity contribution in [1.29, 1.82) is 0 Å². The van der Waals surface area contributed by atoms with Crippen LogP contribution in [0.25, 0.3) is 0 Å². The second-order valence-electron chi connectivity index (χ2n) is 6.61. The van der Waals surface area contributed by atoms with Gasteiger partial charge in [-0.15, -0.1) is 5.10 Å². The molecule has 2 heterocycles. The molecule has 118 valence electrons. The quantitative estimate of drug-likeness (QED) is 0.899. The van der Waals surface area contributed by atoms with Crippen LogP contribution in [0.2, 0.25) is 0 Å². The van der Waals surface area contributed by atoms with Crippen molar-refractivity contribution < 1.29 is 0 Å². The third-order valence-electron chi connectivity index (χ3n) is 5.17. The molecule has 0 atom stereocenters. The highest BCUT2D eigenvalue weighted by Crippen LogP contribution is 2.29. The number of H-pyrrole nitrogens is 1. The molecule has 0 unspecified atom stereocenters. The second-order valence-corrected chi connectivity index (χ2v) is 6.61. The highest BCUT2D eigenvalue weighted by atomic mass is 15.4. The van der Waals surface area contributed by atoms with E-state index in [4.69, 9.17) is 4.98 Å². The minimum atomic E-state index is 0.599. The third kappa shape index (κ3) is 3.76. The molecular weight excluding hydrogens is 262 g/mol. The Bertz CT molecular complexity index is 414. The van der Waals surface area contributed by atoms with Crippen molar-refractivity contribution in [3.63, 3.8) is 0 Å². The minimum Gasteiger partial charge on any atom is -0.339 e. The number of hydrogen-bond donors (Lipinski definition) is 2. The van der Waals surface area contributed by atoms with Crippen LogP contribution in [0, 0.1) is 0 Å². The number of anilines is 1. The average Bonchev–Trinajstić information content (AvgIpc) is 2.97. The predicted molar refractivity (Wildman–Crippen MR) is 85.7 cm³/mol. The topological polar surface area (TPSA) is 56.8 Å². The van der Waals surface area contributed by atoms with E-state index in [-0.39, 0.29) is 0 Å². The molecule has 0 bridgehead atoms. The van der Waals surface area contributed by atoms with Crippen molar-refractivity contribution in [3.8, 4) is 0 Å². The molecule has 2 N–H and O–H groups in total. The summed E-state index contributed by atoms with van der Waals surface area (Å²) in [5.74, 6) is 2.64. The first-order valence-electron chi connectivity index (χ1n) is 8.71. The maximum absolute atomic E-state index is 4.82. The summed E-state index contributed by atoms with van der Waals surface area (Å²) in [6.45, 7) is 2.13. The maximum Gasteiger partial charge on any atom is 0.244 e. The Morgan fingerprint density at radius 1 is 1.00 bits per heavy atom. The SMILES string of the molecule is CNC1CCN(c2n[nH]c(C3CCCCCCC3)n2)CC1. The molecule has 2 fully saturated rings. The minimum absolute atomic E-state index is 0.599. The van der Waals surface area contributed by atoms with Crippen molar-refractivity contribution in [2.45, 2.75) is 69.7 Å². The van der Waals surface area contributed by atoms with Crippen LogP contribution in [-0.4, -0.2) is 41.4 Å². The fourth-order valence-corrected chi connectivity index (χ4v) is 3.69. The fourth-order valence-electron chi connectivity index (χ4n) is 3.69. The molecule has 0 aromatic carbocycles. The number of rotatable bonds is 3. The summed E-state index contributed by atoms with van der Waals surface area (Å²) in [5.41, 5.74) is 0. The highest BCUT2D eigenvalue weighted by Gasteiger charge is 2.23. The number of piperidine rings is 1. The van der Waals surface area contributed by atoms with Crippen LogP contribution >= 0.6 is 0 Å². The molecular formula is C16H29N5. The Kier molecular flexibility index (Phi) is 5.12. The van der Waals surface area contributed by atoms with Gasteiger partial charge in [-0.3, -0.25) is 5.10 Å². The first-order chi connectivity index (χ1) is 10.4. The molecule has 0 spiro atoms. The number of nitrogens with zero attached hydrogens (tertiary/aromatic N) is 3. The standard InChI is InChI=1S/C16H29N5/c1-17-14-9-11-21(12-10-14)16-18-15(19-20-16)13-7-5-3-2-4-6-8-13/h13-14,17H,2-12H2,1H3,(H,18,19,20). The van der Waals surface area contributed by atoms with Crippen molar-refractivity contribution in [1.82, 2.24) is 20.5 Å². The van der Waals surface area contributed by atoms with E-state index in [0.717, 1.165) is 24.9 Å². The zero-order chi connectivity index (χ0) is 14.5. The van der Waals surface area contributed by atoms with E-state index in [9.17, 15) is 0 Å². The maximum atomic E-state index is 4.82. The van der Waals surface area contributed by atoms with Crippen LogP contribution in [0.5, 0.6) is 0 Å². The van der Waals surface area contributed by atoms with E-state index in [2.05, 4.69) is 27.5 Å². The first-order valence-corrected chi connectivity index (χ1v) is 8.71. The normalized spacial score (nSPS) is 23.0. The van der Waals surface area contributed by atoms with Gasteiger partial charge in [0.2, 0.25) is 5.95 Å². The number of aromatic nitrogens is 3. The van der Waals surface area contributed by atoms with Gasteiger partial charge in [-0.05, 0) is 32.7 Å². The van der Waals surface area contributed by atoms with Crippen LogP contribution < -0.4 is 10.2 Å². The summed E-state index contributed by atoms with van der Waals surface area (Å²) in [6.07, 6.45) is 11.8. The van der Waals surface area contributed by atoms with E-state index >= 15 is 0 Å². The molecule has 0 amide bonds. The molecule has 0 radical (unpaired) electrons. The van der Waals surface area contributed by atoms with Gasteiger partial charge in [0.15, 0.2) is 0 Å². The number of hydrogen-bond acceptors (Lipinski definition) is 4. The van der Waals surface area contributed by atoms with Gasteiger partial charge in [0.05, 0.1) is 0 Å². The molecule has 2 aliphatic rings. The third-order valence-corrected chi connectivity index (χ3v) is 5.17. The van der Waals surface area contributed by atoms with Crippen molar-refractivity contribution in [3.05, 3.63) is 5.82 Å². The largest absolute Gasteiger partial charge is 0.339 e. The molecule has 1 aromatic heterocycles. The van der Waals surface area contributed by atoms with Crippen molar-refractivity contribution in [2.24, 2.45) is 0 Å². The second kappa shape index (κ2) is 7.25. The molecule has 5 nitrogen and oxygen atoms in total. The van der Waals surface area contributed by atoms with E-state index in [1.165, 1.54) is 57.8 Å². The predicted octanol–water partition coefficient (Wildman–Crippen LogP) is 2.82. The highest BCUT2D eigenvalue weighted by molar-refractivity contribution is 5.30. The molecule has 21 heavy (non-hydrogen) atoms. The van der Waals surface area contributed by atoms with Gasteiger partial charge in [-0.1, -0.05) is 32.1 Å². The lowest BCUT2D eigenvalue weighted by atomic mass is 9.91. The number of aromatic amines is 1. The van der Waals surface area contributed by atoms with Crippen LogP contribution in [0.4, 0.5) is 5.95 Å². The zero-order valence-electron chi connectivity index (χ0n) is 13.3. The Morgan fingerprint density at radius 3 is 2.33 bits per heavy atom. The molecule has 5 heteroatoms. The molecule has 1 aliphatic heterocycles. The van der Waals surface area contributed by atoms with Gasteiger partial charge >= 0.3 is 0 Å². The summed E-state index contributed by atoms with van der Waals surface area (Å²) in [5, 5.41) is 11.1. The Labute approximate surface area is 127 Å². The van der Waals surface area contributed by atoms with E-state index in [0.29, 0.717) is 12.0 Å². The summed E-state index contributed by atoms with van der Waals surface area (Å²) in [6, 6.07) is 0.658. The summed E-state index contributed by atoms with van der Waals surface area (Å²) >= 11 is 0. The molecule has 1 saturated carbocycles. The van der Waals surface area contributed by atoms with Gasteiger partial charge in [0, 0.05) is 25.0 Å². The van der Waals surface area contributed by atoms with Gasteiger partial charge in [-0.2, -0.15) is 4.98 Å². The van der Waals surface area contributed by atoms with Crippen LogP contribution in [-0.2, 0) is 0 Å². The zero-order valence-corrected chi connectivity index (χ0v) is 13.3. The van der Waals surface area contributed by atoms with Crippen LogP contribution in [0.1, 0.15) is 69.5 Å². The van der Waals surface area contributed by atoms with Crippen LogP contribution in [0.3, 0.4) is 0 Å². The van der Waals surface area contributed by atoms with Gasteiger partial charge < -0.3 is 10.2 Å². The fraction of sp³-hybridized carbons (Fsp3) is 0.875. The monoisotopic (exact) mass is 291 g/mol. The van der Waals surface area contributed by atoms with Gasteiger partial charge in [0.25, 0.3) is 0 Å². The van der Waals surface area contributed by atoms with E-state index in [1.807, 2.05) is 0 Å². The molecule has 1 aliphatic carbocycles. The lowest BCUT2D eigenvalue weighted by Gasteiger charge is -2.30. The lowest BCUT2D eigenvalue weighted by molar-refractivity contribution is 0.437. The van der Waals surface area contributed by atoms with Gasteiger partial charge in [-0.25, -0.2) is 0 Å². The van der Waals surface area contributed by atoms with Crippen molar-refractivity contribution >= 4 is 5.95 Å². The molecule has 1 saturated heterocycles. The Morgan fingerprint density at radius 2 is 1.67 bits per heavy atom. The Balaban J connectivity index is 1.60. The molecule has 3 rings (SSSR count). The van der Waals surface area contributed by atoms with E-state index < -0.39 is 0 Å². The average molecular weight is 291 g/mol. The summed E-state index contributed by atoms with van der Waals surface area (Å²) < 4.78 is 0. The Hall–Kier alpha value is -1.10. The van der Waals surface area contributed by atoms with Gasteiger partial charge in [0.1, 0.15) is 5.82 Å². The molecule has 1 aromatic rings. The van der Waals surface area contributed by atoms with Crippen LogP contribution in [0.15, 0.2) is 0 Å². The summed E-state index contributed by atoms with van der Waals surface area (Å²) in [4.78, 5) is 7.15. The van der Waals surface area contributed by atoms with E-state index in [1.54, 1.807) is 0 Å².